The van der Waals surface area contributed by atoms with Crippen LogP contribution in [0.25, 0.3) is 0 Å². The molecule has 1 aliphatic rings. The number of benzene rings is 1. The van der Waals surface area contributed by atoms with Gasteiger partial charge in [0, 0.05) is 12.6 Å². The zero-order valence-electron chi connectivity index (χ0n) is 10.7. The molecule has 0 aliphatic carbocycles. The lowest BCUT2D eigenvalue weighted by Gasteiger charge is -2.39. The second-order valence-electron chi connectivity index (χ2n) is 5.13. The highest BCUT2D eigenvalue weighted by atomic mass is 35.5. The number of carboxylic acids is 1. The number of hydrogen-bond acceptors (Lipinski definition) is 2. The Balaban J connectivity index is 2.45. The molecule has 2 unspecified atom stereocenters. The van der Waals surface area contributed by atoms with E-state index < -0.39 is 5.97 Å². The van der Waals surface area contributed by atoms with E-state index in [0.717, 1.165) is 13.0 Å². The van der Waals surface area contributed by atoms with Crippen molar-refractivity contribution in [3.8, 4) is 0 Å². The van der Waals surface area contributed by atoms with Gasteiger partial charge in [-0.2, -0.15) is 0 Å². The van der Waals surface area contributed by atoms with E-state index in [1.165, 1.54) is 6.42 Å². The van der Waals surface area contributed by atoms with Crippen molar-refractivity contribution >= 4 is 23.3 Å². The molecule has 1 heterocycles. The maximum absolute atomic E-state index is 11.3. The largest absolute Gasteiger partial charge is 0.478 e. The second-order valence-corrected chi connectivity index (χ2v) is 5.53. The fraction of sp³-hybridized carbons (Fsp3) is 0.500. The van der Waals surface area contributed by atoms with Gasteiger partial charge in [0.05, 0.1) is 16.3 Å². The van der Waals surface area contributed by atoms with Crippen molar-refractivity contribution in [1.82, 2.24) is 0 Å². The van der Waals surface area contributed by atoms with Crippen LogP contribution >= 0.6 is 11.6 Å². The van der Waals surface area contributed by atoms with Crippen LogP contribution in [0.3, 0.4) is 0 Å². The lowest BCUT2D eigenvalue weighted by atomic mass is 9.93. The Bertz CT molecular complexity index is 461. The zero-order chi connectivity index (χ0) is 13.3. The molecular formula is C14H18ClNO2. The molecule has 1 aromatic rings. The van der Waals surface area contributed by atoms with Crippen molar-refractivity contribution in [1.29, 1.82) is 0 Å². The van der Waals surface area contributed by atoms with Crippen LogP contribution in [0.2, 0.25) is 5.02 Å². The number of aromatic carboxylic acids is 1. The Kier molecular flexibility index (Phi) is 3.81. The van der Waals surface area contributed by atoms with Crippen LogP contribution in [0.5, 0.6) is 0 Å². The van der Waals surface area contributed by atoms with E-state index in [0.29, 0.717) is 28.2 Å². The monoisotopic (exact) mass is 267 g/mol. The molecule has 1 aromatic carbocycles. The lowest BCUT2D eigenvalue weighted by molar-refractivity contribution is 0.0697. The van der Waals surface area contributed by atoms with Gasteiger partial charge in [0.25, 0.3) is 0 Å². The Labute approximate surface area is 112 Å². The van der Waals surface area contributed by atoms with Crippen LogP contribution in [0.15, 0.2) is 18.2 Å². The van der Waals surface area contributed by atoms with E-state index in [2.05, 4.69) is 18.7 Å². The highest BCUT2D eigenvalue weighted by Crippen LogP contribution is 2.35. The molecule has 0 amide bonds. The van der Waals surface area contributed by atoms with Gasteiger partial charge in [0.1, 0.15) is 0 Å². The molecule has 0 bridgehead atoms. The van der Waals surface area contributed by atoms with Crippen LogP contribution in [0, 0.1) is 5.92 Å². The first-order chi connectivity index (χ1) is 8.50. The van der Waals surface area contributed by atoms with Crippen LogP contribution in [0.1, 0.15) is 37.0 Å². The SMILES string of the molecule is CC1CCC(C)N(c2c(Cl)cccc2C(=O)O)C1. The van der Waals surface area contributed by atoms with E-state index in [4.69, 9.17) is 11.6 Å². The molecule has 18 heavy (non-hydrogen) atoms. The molecular weight excluding hydrogens is 250 g/mol. The van der Waals surface area contributed by atoms with Gasteiger partial charge in [0.2, 0.25) is 0 Å². The molecule has 0 saturated carbocycles. The summed E-state index contributed by atoms with van der Waals surface area (Å²) in [6, 6.07) is 5.40. The smallest absolute Gasteiger partial charge is 0.337 e. The Morgan fingerprint density at radius 1 is 1.39 bits per heavy atom. The normalized spacial score (nSPS) is 24.1. The van der Waals surface area contributed by atoms with Gasteiger partial charge in [-0.15, -0.1) is 0 Å². The minimum atomic E-state index is -0.919. The van der Waals surface area contributed by atoms with Gasteiger partial charge in [-0.1, -0.05) is 24.6 Å². The van der Waals surface area contributed by atoms with Crippen molar-refractivity contribution in [3.05, 3.63) is 28.8 Å². The topological polar surface area (TPSA) is 40.5 Å². The maximum atomic E-state index is 11.3. The third-order valence-electron chi connectivity index (χ3n) is 3.62. The molecule has 3 nitrogen and oxygen atoms in total. The van der Waals surface area contributed by atoms with Gasteiger partial charge in [-0.3, -0.25) is 0 Å². The molecule has 98 valence electrons. The highest BCUT2D eigenvalue weighted by molar-refractivity contribution is 6.34. The summed E-state index contributed by atoms with van der Waals surface area (Å²) in [7, 11) is 0. The van der Waals surface area contributed by atoms with Crippen molar-refractivity contribution in [3.63, 3.8) is 0 Å². The summed E-state index contributed by atoms with van der Waals surface area (Å²) in [5.41, 5.74) is 0.967. The summed E-state index contributed by atoms with van der Waals surface area (Å²) in [4.78, 5) is 13.5. The molecule has 1 fully saturated rings. The number of halogens is 1. The third kappa shape index (κ3) is 2.46. The number of para-hydroxylation sites is 1. The van der Waals surface area contributed by atoms with E-state index in [1.807, 2.05) is 0 Å². The van der Waals surface area contributed by atoms with E-state index >= 15 is 0 Å². The quantitative estimate of drug-likeness (QED) is 0.889. The van der Waals surface area contributed by atoms with Gasteiger partial charge in [-0.25, -0.2) is 4.79 Å². The van der Waals surface area contributed by atoms with Gasteiger partial charge >= 0.3 is 5.97 Å². The minimum Gasteiger partial charge on any atom is -0.478 e. The molecule has 0 radical (unpaired) electrons. The number of carbonyl (C=O) groups is 1. The molecule has 1 saturated heterocycles. The summed E-state index contributed by atoms with van der Waals surface area (Å²) in [5, 5.41) is 9.81. The predicted octanol–water partition coefficient (Wildman–Crippen LogP) is 3.66. The van der Waals surface area contributed by atoms with Crippen LogP contribution in [-0.2, 0) is 0 Å². The number of hydrogen-bond donors (Lipinski definition) is 1. The number of nitrogens with zero attached hydrogens (tertiary/aromatic N) is 1. The van der Waals surface area contributed by atoms with E-state index in [1.54, 1.807) is 18.2 Å². The first kappa shape index (κ1) is 13.2. The molecule has 2 rings (SSSR count). The number of rotatable bonds is 2. The van der Waals surface area contributed by atoms with Crippen molar-refractivity contribution in [2.24, 2.45) is 5.92 Å². The second kappa shape index (κ2) is 5.19. The first-order valence-electron chi connectivity index (χ1n) is 6.29. The number of piperidine rings is 1. The average molecular weight is 268 g/mol. The third-order valence-corrected chi connectivity index (χ3v) is 3.93. The van der Waals surface area contributed by atoms with Crippen LogP contribution in [-0.4, -0.2) is 23.7 Å². The standard InChI is InChI=1S/C14H18ClNO2/c1-9-6-7-10(2)16(8-9)13-11(14(17)18)4-3-5-12(13)15/h3-5,9-10H,6-8H2,1-2H3,(H,17,18). The van der Waals surface area contributed by atoms with Gasteiger partial charge in [0.15, 0.2) is 0 Å². The fourth-order valence-electron chi connectivity index (χ4n) is 2.58. The molecule has 0 spiro atoms. The number of carboxylic acid groups (broad SMARTS) is 1. The summed E-state index contributed by atoms with van der Waals surface area (Å²) in [6.45, 7) is 5.18. The van der Waals surface area contributed by atoms with Crippen molar-refractivity contribution in [2.75, 3.05) is 11.4 Å². The summed E-state index contributed by atoms with van der Waals surface area (Å²) < 4.78 is 0. The summed E-state index contributed by atoms with van der Waals surface area (Å²) >= 11 is 6.21. The first-order valence-corrected chi connectivity index (χ1v) is 6.67. The Morgan fingerprint density at radius 2 is 2.11 bits per heavy atom. The summed E-state index contributed by atoms with van der Waals surface area (Å²) in [6.07, 6.45) is 2.26. The van der Waals surface area contributed by atoms with Crippen molar-refractivity contribution in [2.45, 2.75) is 32.7 Å². The highest BCUT2D eigenvalue weighted by Gasteiger charge is 2.27. The fourth-order valence-corrected chi connectivity index (χ4v) is 2.86. The maximum Gasteiger partial charge on any atom is 0.337 e. The van der Waals surface area contributed by atoms with E-state index in [-0.39, 0.29) is 0 Å². The number of anilines is 1. The average Bonchev–Trinajstić information content (AvgIpc) is 2.32. The van der Waals surface area contributed by atoms with Crippen molar-refractivity contribution < 1.29 is 9.90 Å². The predicted molar refractivity (Wildman–Crippen MR) is 73.6 cm³/mol. The van der Waals surface area contributed by atoms with Gasteiger partial charge < -0.3 is 10.0 Å². The molecule has 1 N–H and O–H groups in total. The summed E-state index contributed by atoms with van der Waals surface area (Å²) in [5.74, 6) is -0.350. The zero-order valence-corrected chi connectivity index (χ0v) is 11.4. The van der Waals surface area contributed by atoms with E-state index in [9.17, 15) is 9.90 Å². The lowest BCUT2D eigenvalue weighted by Crippen LogP contribution is -2.42. The van der Waals surface area contributed by atoms with Gasteiger partial charge in [-0.05, 0) is 37.8 Å². The molecule has 1 aliphatic heterocycles. The Hall–Kier alpha value is -1.22. The minimum absolute atomic E-state index is 0.295. The molecule has 2 atom stereocenters. The molecule has 0 aromatic heterocycles. The Morgan fingerprint density at radius 3 is 2.78 bits per heavy atom. The van der Waals surface area contributed by atoms with Crippen LogP contribution < -0.4 is 4.90 Å². The molecule has 4 heteroatoms. The van der Waals surface area contributed by atoms with Crippen LogP contribution in [0.4, 0.5) is 5.69 Å².